The van der Waals surface area contributed by atoms with E-state index in [1.807, 2.05) is 6.92 Å². The molecule has 2 heterocycles. The molecule has 0 aliphatic carbocycles. The highest BCUT2D eigenvalue weighted by molar-refractivity contribution is 5.88. The Balaban J connectivity index is 2.14. The van der Waals surface area contributed by atoms with Crippen molar-refractivity contribution in [3.8, 4) is 5.75 Å². The molecule has 0 aliphatic heterocycles. The summed E-state index contributed by atoms with van der Waals surface area (Å²) in [6.07, 6.45) is 4.18. The Hall–Kier alpha value is -2.37. The predicted octanol–water partition coefficient (Wildman–Crippen LogP) is 2.30. The molecule has 19 heavy (non-hydrogen) atoms. The average molecular weight is 262 g/mol. The minimum atomic E-state index is -0.468. The molecule has 6 heteroatoms. The summed E-state index contributed by atoms with van der Waals surface area (Å²) in [7, 11) is 1.32. The van der Waals surface area contributed by atoms with Gasteiger partial charge in [-0.25, -0.2) is 14.8 Å². The van der Waals surface area contributed by atoms with E-state index in [1.165, 1.54) is 19.6 Å². The fourth-order valence-corrected chi connectivity index (χ4v) is 1.61. The third-order valence-corrected chi connectivity index (χ3v) is 2.54. The molecule has 0 aliphatic rings. The Kier molecular flexibility index (Phi) is 3.79. The fraction of sp³-hybridized carbons (Fsp3) is 0.308. The van der Waals surface area contributed by atoms with Crippen LogP contribution in [0.25, 0.3) is 0 Å². The first-order valence-electron chi connectivity index (χ1n) is 5.73. The molecule has 0 unspecified atom stereocenters. The normalized spacial score (nSPS) is 11.9. The number of aromatic nitrogens is 2. The van der Waals surface area contributed by atoms with Crippen molar-refractivity contribution >= 4 is 5.97 Å². The van der Waals surface area contributed by atoms with Crippen molar-refractivity contribution in [2.24, 2.45) is 0 Å². The Morgan fingerprint density at radius 2 is 2.21 bits per heavy atom. The van der Waals surface area contributed by atoms with Crippen LogP contribution in [0.1, 0.15) is 35.0 Å². The van der Waals surface area contributed by atoms with Gasteiger partial charge in [-0.3, -0.25) is 0 Å². The number of nitrogens with zero attached hydrogens (tertiary/aromatic N) is 2. The number of hydrogen-bond donors (Lipinski definition) is 0. The number of hydrogen-bond acceptors (Lipinski definition) is 6. The second kappa shape index (κ2) is 5.51. The zero-order chi connectivity index (χ0) is 13.8. The molecule has 0 N–H and O–H groups in total. The Labute approximate surface area is 110 Å². The summed E-state index contributed by atoms with van der Waals surface area (Å²) in [5.74, 6) is 0.551. The Morgan fingerprint density at radius 3 is 2.79 bits per heavy atom. The molecule has 0 spiro atoms. The summed E-state index contributed by atoms with van der Waals surface area (Å²) >= 11 is 0. The number of rotatable bonds is 4. The number of oxazole rings is 1. The van der Waals surface area contributed by atoms with Gasteiger partial charge in [0.25, 0.3) is 0 Å². The average Bonchev–Trinajstić information content (AvgIpc) is 2.92. The number of aryl methyl sites for hydroxylation is 1. The highest BCUT2D eigenvalue weighted by Gasteiger charge is 2.15. The molecule has 0 amide bonds. The van der Waals surface area contributed by atoms with Crippen LogP contribution in [-0.4, -0.2) is 23.0 Å². The number of carbonyl (C=O) groups is 1. The molecule has 0 saturated carbocycles. The van der Waals surface area contributed by atoms with Gasteiger partial charge in [0.2, 0.25) is 5.89 Å². The van der Waals surface area contributed by atoms with E-state index < -0.39 is 5.97 Å². The molecule has 2 rings (SSSR count). The van der Waals surface area contributed by atoms with Crippen LogP contribution >= 0.6 is 0 Å². The lowest BCUT2D eigenvalue weighted by Gasteiger charge is -2.12. The van der Waals surface area contributed by atoms with Gasteiger partial charge in [-0.2, -0.15) is 0 Å². The van der Waals surface area contributed by atoms with Crippen LogP contribution in [0.2, 0.25) is 0 Å². The standard InChI is InChI=1S/C13H14N2O4/c1-8-6-10(7-15-11(8)13(16)17-3)19-9(2)12-14-4-5-18-12/h4-7,9H,1-3H3/t9-/m0/s1. The van der Waals surface area contributed by atoms with Crippen LogP contribution in [0, 0.1) is 6.92 Å². The molecule has 0 fully saturated rings. The van der Waals surface area contributed by atoms with Crippen LogP contribution < -0.4 is 4.74 Å². The third-order valence-electron chi connectivity index (χ3n) is 2.54. The molecule has 0 radical (unpaired) electrons. The summed E-state index contributed by atoms with van der Waals surface area (Å²) in [5.41, 5.74) is 0.961. The number of methoxy groups -OCH3 is 1. The molecule has 2 aromatic rings. The van der Waals surface area contributed by atoms with Crippen LogP contribution in [0.5, 0.6) is 5.75 Å². The number of pyridine rings is 1. The Bertz CT molecular complexity index is 566. The highest BCUT2D eigenvalue weighted by Crippen LogP contribution is 2.21. The van der Waals surface area contributed by atoms with E-state index >= 15 is 0 Å². The van der Waals surface area contributed by atoms with Gasteiger partial charge in [0.15, 0.2) is 11.8 Å². The van der Waals surface area contributed by atoms with Crippen molar-refractivity contribution in [2.75, 3.05) is 7.11 Å². The van der Waals surface area contributed by atoms with Gasteiger partial charge in [0.1, 0.15) is 12.0 Å². The van der Waals surface area contributed by atoms with Gasteiger partial charge in [0, 0.05) is 0 Å². The van der Waals surface area contributed by atoms with E-state index in [1.54, 1.807) is 19.2 Å². The van der Waals surface area contributed by atoms with Crippen molar-refractivity contribution < 1.29 is 18.7 Å². The van der Waals surface area contributed by atoms with Crippen LogP contribution in [-0.2, 0) is 4.74 Å². The molecule has 0 aromatic carbocycles. The molecule has 100 valence electrons. The predicted molar refractivity (Wildman–Crippen MR) is 65.9 cm³/mol. The lowest BCUT2D eigenvalue weighted by Crippen LogP contribution is -2.08. The lowest BCUT2D eigenvalue weighted by atomic mass is 10.2. The molecule has 6 nitrogen and oxygen atoms in total. The third kappa shape index (κ3) is 2.90. The van der Waals surface area contributed by atoms with Gasteiger partial charge >= 0.3 is 5.97 Å². The smallest absolute Gasteiger partial charge is 0.356 e. The first-order chi connectivity index (χ1) is 9.11. The second-order valence-electron chi connectivity index (χ2n) is 3.96. The number of carbonyl (C=O) groups excluding carboxylic acids is 1. The van der Waals surface area contributed by atoms with Gasteiger partial charge in [-0.05, 0) is 25.5 Å². The minimum Gasteiger partial charge on any atom is -0.479 e. The zero-order valence-electron chi connectivity index (χ0n) is 10.9. The largest absolute Gasteiger partial charge is 0.479 e. The topological polar surface area (TPSA) is 74.5 Å². The summed E-state index contributed by atoms with van der Waals surface area (Å²) in [4.78, 5) is 19.4. The van der Waals surface area contributed by atoms with E-state index in [0.29, 0.717) is 17.2 Å². The van der Waals surface area contributed by atoms with Gasteiger partial charge in [-0.1, -0.05) is 0 Å². The van der Waals surface area contributed by atoms with E-state index in [2.05, 4.69) is 14.7 Å². The van der Waals surface area contributed by atoms with E-state index in [0.717, 1.165) is 0 Å². The molecule has 2 aromatic heterocycles. The second-order valence-corrected chi connectivity index (χ2v) is 3.96. The SMILES string of the molecule is COC(=O)c1ncc(O[C@@H](C)c2ncco2)cc1C. The summed E-state index contributed by atoms with van der Waals surface area (Å²) in [5, 5.41) is 0. The van der Waals surface area contributed by atoms with Crippen molar-refractivity contribution in [1.29, 1.82) is 0 Å². The van der Waals surface area contributed by atoms with E-state index in [4.69, 9.17) is 9.15 Å². The Morgan fingerprint density at radius 1 is 1.42 bits per heavy atom. The molecule has 0 bridgehead atoms. The lowest BCUT2D eigenvalue weighted by molar-refractivity contribution is 0.0593. The number of esters is 1. The summed E-state index contributed by atoms with van der Waals surface area (Å²) < 4.78 is 15.4. The quantitative estimate of drug-likeness (QED) is 0.787. The fourth-order valence-electron chi connectivity index (χ4n) is 1.61. The molecular weight excluding hydrogens is 248 g/mol. The van der Waals surface area contributed by atoms with Crippen molar-refractivity contribution in [1.82, 2.24) is 9.97 Å². The van der Waals surface area contributed by atoms with Gasteiger partial charge in [0.05, 0.1) is 19.5 Å². The maximum Gasteiger partial charge on any atom is 0.356 e. The van der Waals surface area contributed by atoms with Crippen molar-refractivity contribution in [3.63, 3.8) is 0 Å². The van der Waals surface area contributed by atoms with E-state index in [-0.39, 0.29) is 11.8 Å². The molecule has 1 atom stereocenters. The monoisotopic (exact) mass is 262 g/mol. The zero-order valence-corrected chi connectivity index (χ0v) is 10.9. The maximum atomic E-state index is 11.4. The minimum absolute atomic E-state index is 0.277. The van der Waals surface area contributed by atoms with Crippen LogP contribution in [0.4, 0.5) is 0 Å². The first kappa shape index (κ1) is 13.1. The van der Waals surface area contributed by atoms with E-state index in [9.17, 15) is 4.79 Å². The van der Waals surface area contributed by atoms with Gasteiger partial charge in [-0.15, -0.1) is 0 Å². The van der Waals surface area contributed by atoms with Crippen LogP contribution in [0.3, 0.4) is 0 Å². The van der Waals surface area contributed by atoms with Crippen LogP contribution in [0.15, 0.2) is 29.1 Å². The summed E-state index contributed by atoms with van der Waals surface area (Å²) in [6, 6.07) is 1.72. The maximum absolute atomic E-state index is 11.4. The van der Waals surface area contributed by atoms with Crippen molar-refractivity contribution in [3.05, 3.63) is 41.9 Å². The molecule has 0 saturated heterocycles. The number of ether oxygens (including phenoxy) is 2. The van der Waals surface area contributed by atoms with Gasteiger partial charge < -0.3 is 13.9 Å². The van der Waals surface area contributed by atoms with Crippen molar-refractivity contribution in [2.45, 2.75) is 20.0 Å². The summed E-state index contributed by atoms with van der Waals surface area (Å²) in [6.45, 7) is 3.58. The highest BCUT2D eigenvalue weighted by atomic mass is 16.5. The molecular formula is C13H14N2O4. The first-order valence-corrected chi connectivity index (χ1v) is 5.73.